The number of benzene rings is 2. The zero-order valence-electron chi connectivity index (χ0n) is 15.8. The highest BCUT2D eigenvalue weighted by Gasteiger charge is 2.22. The molecule has 1 aliphatic heterocycles. The number of aryl methyl sites for hydroxylation is 1. The molecule has 0 radical (unpaired) electrons. The SMILES string of the molecule is COc1cccc(C(=O)N2CCCN(C(=O)CCc3ccccc3)CC2)c1. The molecule has 0 spiro atoms. The van der Waals surface area contributed by atoms with Gasteiger partial charge >= 0.3 is 0 Å². The summed E-state index contributed by atoms with van der Waals surface area (Å²) in [5.74, 6) is 0.829. The maximum atomic E-state index is 12.8. The predicted octanol–water partition coefficient (Wildman–Crippen LogP) is 3.00. The van der Waals surface area contributed by atoms with E-state index in [1.54, 1.807) is 19.2 Å². The van der Waals surface area contributed by atoms with E-state index < -0.39 is 0 Å². The van der Waals surface area contributed by atoms with Crippen LogP contribution in [0, 0.1) is 0 Å². The molecular weight excluding hydrogens is 340 g/mol. The van der Waals surface area contributed by atoms with Crippen molar-refractivity contribution >= 4 is 11.8 Å². The average Bonchev–Trinajstić information content (AvgIpc) is 2.98. The minimum atomic E-state index is -0.00696. The third-order valence-electron chi connectivity index (χ3n) is 4.92. The lowest BCUT2D eigenvalue weighted by atomic mass is 10.1. The van der Waals surface area contributed by atoms with Crippen LogP contribution in [0.4, 0.5) is 0 Å². The van der Waals surface area contributed by atoms with Crippen LogP contribution >= 0.6 is 0 Å². The number of hydrogen-bond acceptors (Lipinski definition) is 3. The molecule has 1 saturated heterocycles. The lowest BCUT2D eigenvalue weighted by molar-refractivity contribution is -0.131. The largest absolute Gasteiger partial charge is 0.497 e. The molecule has 2 aromatic rings. The first kappa shape index (κ1) is 19.0. The Kier molecular flexibility index (Phi) is 6.47. The Morgan fingerprint density at radius 3 is 2.44 bits per heavy atom. The first-order chi connectivity index (χ1) is 13.2. The van der Waals surface area contributed by atoms with Crippen LogP contribution in [0.1, 0.15) is 28.8 Å². The van der Waals surface area contributed by atoms with Crippen LogP contribution in [0.25, 0.3) is 0 Å². The molecule has 5 heteroatoms. The first-order valence-corrected chi connectivity index (χ1v) is 9.42. The summed E-state index contributed by atoms with van der Waals surface area (Å²) in [6.45, 7) is 2.52. The van der Waals surface area contributed by atoms with E-state index in [9.17, 15) is 9.59 Å². The van der Waals surface area contributed by atoms with Gasteiger partial charge in [0.15, 0.2) is 0 Å². The fraction of sp³-hybridized carbons (Fsp3) is 0.364. The van der Waals surface area contributed by atoms with Gasteiger partial charge < -0.3 is 14.5 Å². The van der Waals surface area contributed by atoms with Gasteiger partial charge in [0.25, 0.3) is 5.91 Å². The third kappa shape index (κ3) is 5.09. The lowest BCUT2D eigenvalue weighted by Gasteiger charge is -2.22. The van der Waals surface area contributed by atoms with Crippen molar-refractivity contribution in [1.82, 2.24) is 9.80 Å². The molecule has 1 aliphatic rings. The van der Waals surface area contributed by atoms with E-state index in [0.717, 1.165) is 12.8 Å². The van der Waals surface area contributed by atoms with Gasteiger partial charge in [-0.3, -0.25) is 9.59 Å². The van der Waals surface area contributed by atoms with E-state index >= 15 is 0 Å². The molecular formula is C22H26N2O3. The minimum absolute atomic E-state index is 0.00696. The van der Waals surface area contributed by atoms with Crippen molar-refractivity contribution in [2.45, 2.75) is 19.3 Å². The van der Waals surface area contributed by atoms with E-state index in [1.807, 2.05) is 52.3 Å². The van der Waals surface area contributed by atoms with Gasteiger partial charge in [-0.2, -0.15) is 0 Å². The van der Waals surface area contributed by atoms with Crippen molar-refractivity contribution in [2.24, 2.45) is 0 Å². The van der Waals surface area contributed by atoms with Crippen molar-refractivity contribution in [1.29, 1.82) is 0 Å². The highest BCUT2D eigenvalue weighted by Crippen LogP contribution is 2.16. The molecule has 3 rings (SSSR count). The molecule has 0 aromatic heterocycles. The number of ether oxygens (including phenoxy) is 1. The Morgan fingerprint density at radius 2 is 1.67 bits per heavy atom. The molecule has 0 bridgehead atoms. The second-order valence-corrected chi connectivity index (χ2v) is 6.74. The molecule has 0 atom stereocenters. The summed E-state index contributed by atoms with van der Waals surface area (Å²) in [6, 6.07) is 17.3. The molecule has 1 fully saturated rings. The van der Waals surface area contributed by atoms with Crippen LogP contribution in [0.3, 0.4) is 0 Å². The van der Waals surface area contributed by atoms with Crippen LogP contribution in [-0.2, 0) is 11.2 Å². The van der Waals surface area contributed by atoms with Crippen molar-refractivity contribution in [3.05, 3.63) is 65.7 Å². The summed E-state index contributed by atoms with van der Waals surface area (Å²) in [7, 11) is 1.59. The Morgan fingerprint density at radius 1 is 0.926 bits per heavy atom. The topological polar surface area (TPSA) is 49.9 Å². The highest BCUT2D eigenvalue weighted by atomic mass is 16.5. The van der Waals surface area contributed by atoms with E-state index in [0.29, 0.717) is 43.9 Å². The smallest absolute Gasteiger partial charge is 0.254 e. The van der Waals surface area contributed by atoms with E-state index in [4.69, 9.17) is 4.74 Å². The fourth-order valence-corrected chi connectivity index (χ4v) is 3.36. The molecule has 2 aromatic carbocycles. The van der Waals surface area contributed by atoms with E-state index in [-0.39, 0.29) is 11.8 Å². The van der Waals surface area contributed by atoms with E-state index in [1.165, 1.54) is 5.56 Å². The number of hydrogen-bond donors (Lipinski definition) is 0. The number of nitrogens with zero attached hydrogens (tertiary/aromatic N) is 2. The molecule has 5 nitrogen and oxygen atoms in total. The van der Waals surface area contributed by atoms with Crippen LogP contribution in [0.2, 0.25) is 0 Å². The Labute approximate surface area is 160 Å². The quantitative estimate of drug-likeness (QED) is 0.817. The summed E-state index contributed by atoms with van der Waals surface area (Å²) in [4.78, 5) is 29.1. The second kappa shape index (κ2) is 9.21. The molecule has 0 N–H and O–H groups in total. The van der Waals surface area contributed by atoms with Crippen molar-refractivity contribution in [2.75, 3.05) is 33.3 Å². The second-order valence-electron chi connectivity index (χ2n) is 6.74. The fourth-order valence-electron chi connectivity index (χ4n) is 3.36. The third-order valence-corrected chi connectivity index (χ3v) is 4.92. The molecule has 27 heavy (non-hydrogen) atoms. The standard InChI is InChI=1S/C22H26N2O3/c1-27-20-10-5-9-19(17-20)22(26)24-14-6-13-23(15-16-24)21(25)12-11-18-7-3-2-4-8-18/h2-5,7-10,17H,6,11-16H2,1H3. The lowest BCUT2D eigenvalue weighted by Crippen LogP contribution is -2.37. The zero-order valence-corrected chi connectivity index (χ0v) is 15.8. The Bertz CT molecular complexity index is 776. The number of carbonyl (C=O) groups is 2. The Balaban J connectivity index is 1.55. The molecule has 142 valence electrons. The van der Waals surface area contributed by atoms with Crippen LogP contribution in [0.15, 0.2) is 54.6 Å². The van der Waals surface area contributed by atoms with Crippen molar-refractivity contribution in [3.63, 3.8) is 0 Å². The molecule has 0 unspecified atom stereocenters. The number of methoxy groups -OCH3 is 1. The highest BCUT2D eigenvalue weighted by molar-refractivity contribution is 5.94. The van der Waals surface area contributed by atoms with Crippen LogP contribution in [-0.4, -0.2) is 54.9 Å². The van der Waals surface area contributed by atoms with Gasteiger partial charge in [-0.25, -0.2) is 0 Å². The van der Waals surface area contributed by atoms with Gasteiger partial charge in [-0.1, -0.05) is 36.4 Å². The normalized spacial score (nSPS) is 14.6. The number of carbonyl (C=O) groups excluding carboxylic acids is 2. The van der Waals surface area contributed by atoms with Gasteiger partial charge in [0.2, 0.25) is 5.91 Å². The van der Waals surface area contributed by atoms with Gasteiger partial charge in [-0.05, 0) is 36.6 Å². The molecule has 0 saturated carbocycles. The summed E-state index contributed by atoms with van der Waals surface area (Å²) < 4.78 is 5.21. The predicted molar refractivity (Wildman–Crippen MR) is 105 cm³/mol. The van der Waals surface area contributed by atoms with E-state index in [2.05, 4.69) is 0 Å². The molecule has 2 amide bonds. The zero-order chi connectivity index (χ0) is 19.1. The van der Waals surface area contributed by atoms with Crippen molar-refractivity contribution in [3.8, 4) is 5.75 Å². The van der Waals surface area contributed by atoms with Gasteiger partial charge in [0.05, 0.1) is 7.11 Å². The summed E-state index contributed by atoms with van der Waals surface area (Å²) in [6.07, 6.45) is 2.06. The number of rotatable bonds is 5. The van der Waals surface area contributed by atoms with Crippen molar-refractivity contribution < 1.29 is 14.3 Å². The maximum Gasteiger partial charge on any atom is 0.254 e. The average molecular weight is 366 g/mol. The van der Waals surface area contributed by atoms with Gasteiger partial charge in [-0.15, -0.1) is 0 Å². The summed E-state index contributed by atoms with van der Waals surface area (Å²) >= 11 is 0. The minimum Gasteiger partial charge on any atom is -0.497 e. The van der Waals surface area contributed by atoms with Gasteiger partial charge in [0.1, 0.15) is 5.75 Å². The monoisotopic (exact) mass is 366 g/mol. The Hall–Kier alpha value is -2.82. The number of amides is 2. The summed E-state index contributed by atoms with van der Waals surface area (Å²) in [5, 5.41) is 0. The molecule has 1 heterocycles. The molecule has 0 aliphatic carbocycles. The summed E-state index contributed by atoms with van der Waals surface area (Å²) in [5.41, 5.74) is 1.80. The van der Waals surface area contributed by atoms with Crippen LogP contribution < -0.4 is 4.74 Å². The van der Waals surface area contributed by atoms with Crippen LogP contribution in [0.5, 0.6) is 5.75 Å². The maximum absolute atomic E-state index is 12.8. The first-order valence-electron chi connectivity index (χ1n) is 9.42. The van der Waals surface area contributed by atoms with Gasteiger partial charge in [0, 0.05) is 38.2 Å².